The van der Waals surface area contributed by atoms with Gasteiger partial charge in [-0.15, -0.1) is 0 Å². The fourth-order valence-corrected chi connectivity index (χ4v) is 3.69. The summed E-state index contributed by atoms with van der Waals surface area (Å²) in [5.74, 6) is 1.19. The summed E-state index contributed by atoms with van der Waals surface area (Å²) in [7, 11) is 0. The molecule has 2 unspecified atom stereocenters. The third-order valence-corrected chi connectivity index (χ3v) is 4.92. The summed E-state index contributed by atoms with van der Waals surface area (Å²) in [6.07, 6.45) is 1.80. The molecular weight excluding hydrogens is 296 g/mol. The van der Waals surface area contributed by atoms with Crippen molar-refractivity contribution in [1.82, 2.24) is 9.80 Å². The molecule has 0 aromatic heterocycles. The van der Waals surface area contributed by atoms with Gasteiger partial charge in [0.2, 0.25) is 11.8 Å². The van der Waals surface area contributed by atoms with Gasteiger partial charge in [0.05, 0.1) is 6.54 Å². The van der Waals surface area contributed by atoms with Crippen molar-refractivity contribution in [3.63, 3.8) is 0 Å². The molecule has 0 spiro atoms. The molecule has 102 valence electrons. The maximum Gasteiger partial charge on any atom is 0.245 e. The minimum absolute atomic E-state index is 0.120. The van der Waals surface area contributed by atoms with E-state index in [1.807, 2.05) is 0 Å². The van der Waals surface area contributed by atoms with E-state index in [9.17, 15) is 9.59 Å². The Labute approximate surface area is 117 Å². The molecule has 2 atom stereocenters. The van der Waals surface area contributed by atoms with Gasteiger partial charge in [-0.1, -0.05) is 29.8 Å². The molecule has 2 saturated heterocycles. The van der Waals surface area contributed by atoms with Gasteiger partial charge < -0.3 is 9.80 Å². The number of alkyl halides is 1. The average molecular weight is 317 g/mol. The van der Waals surface area contributed by atoms with Crippen LogP contribution in [-0.2, 0) is 9.59 Å². The van der Waals surface area contributed by atoms with Crippen LogP contribution in [0.25, 0.3) is 0 Å². The Morgan fingerprint density at radius 3 is 2.72 bits per heavy atom. The van der Waals surface area contributed by atoms with E-state index in [1.54, 1.807) is 9.80 Å². The van der Waals surface area contributed by atoms with E-state index < -0.39 is 0 Å². The van der Waals surface area contributed by atoms with Crippen LogP contribution in [-0.4, -0.2) is 52.6 Å². The van der Waals surface area contributed by atoms with Crippen LogP contribution < -0.4 is 0 Å². The molecule has 4 nitrogen and oxygen atoms in total. The van der Waals surface area contributed by atoms with Crippen LogP contribution in [0, 0.1) is 11.8 Å². The van der Waals surface area contributed by atoms with Crippen molar-refractivity contribution >= 4 is 27.7 Å². The quantitative estimate of drug-likeness (QED) is 0.737. The van der Waals surface area contributed by atoms with Crippen molar-refractivity contribution in [3.8, 4) is 0 Å². The Hall–Kier alpha value is -0.580. The third-order valence-electron chi connectivity index (χ3n) is 4.09. The van der Waals surface area contributed by atoms with Crippen molar-refractivity contribution in [2.24, 2.45) is 11.8 Å². The minimum Gasteiger partial charge on any atom is -0.331 e. The SMILES string of the molecule is CC(C)C(CBr)CN1CC(=O)N2CCCC2C1=O. The molecule has 0 radical (unpaired) electrons. The summed E-state index contributed by atoms with van der Waals surface area (Å²) in [6, 6.07) is -0.172. The summed E-state index contributed by atoms with van der Waals surface area (Å²) in [4.78, 5) is 27.9. The van der Waals surface area contributed by atoms with Gasteiger partial charge in [-0.2, -0.15) is 0 Å². The summed E-state index contributed by atoms with van der Waals surface area (Å²) < 4.78 is 0. The first-order valence-electron chi connectivity index (χ1n) is 6.68. The van der Waals surface area contributed by atoms with Crippen LogP contribution in [0.4, 0.5) is 0 Å². The molecular formula is C13H21BrN2O2. The van der Waals surface area contributed by atoms with E-state index in [1.165, 1.54) is 0 Å². The molecule has 0 aliphatic carbocycles. The van der Waals surface area contributed by atoms with Gasteiger partial charge in [-0.05, 0) is 24.7 Å². The van der Waals surface area contributed by atoms with E-state index in [-0.39, 0.29) is 24.4 Å². The van der Waals surface area contributed by atoms with Gasteiger partial charge in [0, 0.05) is 18.4 Å². The van der Waals surface area contributed by atoms with Crippen LogP contribution in [0.15, 0.2) is 0 Å². The van der Waals surface area contributed by atoms with Gasteiger partial charge in [-0.25, -0.2) is 0 Å². The molecule has 18 heavy (non-hydrogen) atoms. The molecule has 2 heterocycles. The Kier molecular flexibility index (Phi) is 4.30. The van der Waals surface area contributed by atoms with Gasteiger partial charge in [0.15, 0.2) is 0 Å². The summed E-state index contributed by atoms with van der Waals surface area (Å²) in [6.45, 7) is 6.03. The largest absolute Gasteiger partial charge is 0.331 e. The molecule has 5 heteroatoms. The number of carbonyl (C=O) groups excluding carboxylic acids is 2. The van der Waals surface area contributed by atoms with Crippen molar-refractivity contribution in [1.29, 1.82) is 0 Å². The van der Waals surface area contributed by atoms with Gasteiger partial charge >= 0.3 is 0 Å². The lowest BCUT2D eigenvalue weighted by Gasteiger charge is -2.38. The van der Waals surface area contributed by atoms with E-state index in [2.05, 4.69) is 29.8 Å². The molecule has 0 aromatic carbocycles. The lowest BCUT2D eigenvalue weighted by Crippen LogP contribution is -2.58. The Morgan fingerprint density at radius 2 is 2.11 bits per heavy atom. The van der Waals surface area contributed by atoms with E-state index >= 15 is 0 Å². The normalized spacial score (nSPS) is 25.9. The number of rotatable bonds is 4. The number of piperazine rings is 1. The second-order valence-electron chi connectivity index (χ2n) is 5.62. The van der Waals surface area contributed by atoms with Gasteiger partial charge in [0.25, 0.3) is 0 Å². The van der Waals surface area contributed by atoms with Crippen LogP contribution in [0.1, 0.15) is 26.7 Å². The summed E-state index contributed by atoms with van der Waals surface area (Å²) in [5.41, 5.74) is 0. The number of halogens is 1. The second-order valence-corrected chi connectivity index (χ2v) is 6.27. The Morgan fingerprint density at radius 1 is 1.39 bits per heavy atom. The lowest BCUT2D eigenvalue weighted by atomic mass is 9.96. The maximum atomic E-state index is 12.3. The lowest BCUT2D eigenvalue weighted by molar-refractivity contribution is -0.154. The molecule has 0 aromatic rings. The fourth-order valence-electron chi connectivity index (χ4n) is 2.74. The zero-order chi connectivity index (χ0) is 13.3. The highest BCUT2D eigenvalue weighted by atomic mass is 79.9. The Balaban J connectivity index is 2.05. The van der Waals surface area contributed by atoms with Crippen LogP contribution in [0.5, 0.6) is 0 Å². The highest BCUT2D eigenvalue weighted by Crippen LogP contribution is 2.25. The summed E-state index contributed by atoms with van der Waals surface area (Å²) in [5, 5.41) is 0.872. The number of carbonyl (C=O) groups is 2. The average Bonchev–Trinajstić information content (AvgIpc) is 2.81. The van der Waals surface area contributed by atoms with Gasteiger partial charge in [0.1, 0.15) is 6.04 Å². The molecule has 2 fully saturated rings. The fraction of sp³-hybridized carbons (Fsp3) is 0.846. The first kappa shape index (κ1) is 13.8. The van der Waals surface area contributed by atoms with Gasteiger partial charge in [-0.3, -0.25) is 9.59 Å². The standard InChI is InChI=1S/C13H21BrN2O2/c1-9(2)10(6-14)7-15-8-12(17)16-5-3-4-11(16)13(15)18/h9-11H,3-8H2,1-2H3. The third kappa shape index (κ3) is 2.56. The smallest absolute Gasteiger partial charge is 0.245 e. The molecule has 0 bridgehead atoms. The molecule has 2 aliphatic heterocycles. The van der Waals surface area contributed by atoms with E-state index in [0.717, 1.165) is 24.7 Å². The topological polar surface area (TPSA) is 40.6 Å². The number of nitrogens with zero attached hydrogens (tertiary/aromatic N) is 2. The zero-order valence-electron chi connectivity index (χ0n) is 11.1. The highest BCUT2D eigenvalue weighted by Gasteiger charge is 2.42. The minimum atomic E-state index is -0.172. The molecule has 0 N–H and O–H groups in total. The maximum absolute atomic E-state index is 12.3. The summed E-state index contributed by atoms with van der Waals surface area (Å²) >= 11 is 3.50. The van der Waals surface area contributed by atoms with E-state index in [0.29, 0.717) is 18.4 Å². The molecule has 0 saturated carbocycles. The van der Waals surface area contributed by atoms with Crippen LogP contribution in [0.3, 0.4) is 0 Å². The van der Waals surface area contributed by atoms with Crippen molar-refractivity contribution in [2.75, 3.05) is 25.0 Å². The monoisotopic (exact) mass is 316 g/mol. The van der Waals surface area contributed by atoms with E-state index in [4.69, 9.17) is 0 Å². The van der Waals surface area contributed by atoms with Crippen molar-refractivity contribution in [3.05, 3.63) is 0 Å². The van der Waals surface area contributed by atoms with Crippen LogP contribution >= 0.6 is 15.9 Å². The Bertz CT molecular complexity index is 346. The van der Waals surface area contributed by atoms with Crippen molar-refractivity contribution < 1.29 is 9.59 Å². The number of amides is 2. The molecule has 2 aliphatic rings. The second kappa shape index (κ2) is 5.59. The predicted octanol–water partition coefficient (Wildman–Crippen LogP) is 1.49. The number of fused-ring (bicyclic) bond motifs is 1. The predicted molar refractivity (Wildman–Crippen MR) is 73.4 cm³/mol. The van der Waals surface area contributed by atoms with Crippen LogP contribution in [0.2, 0.25) is 0 Å². The highest BCUT2D eigenvalue weighted by molar-refractivity contribution is 9.09. The molecule has 2 rings (SSSR count). The van der Waals surface area contributed by atoms with Crippen molar-refractivity contribution in [2.45, 2.75) is 32.7 Å². The molecule has 2 amide bonds. The number of hydrogen-bond acceptors (Lipinski definition) is 2. The zero-order valence-corrected chi connectivity index (χ0v) is 12.6. The first-order chi connectivity index (χ1) is 8.54. The number of hydrogen-bond donors (Lipinski definition) is 0. The first-order valence-corrected chi connectivity index (χ1v) is 7.81.